The average molecular weight is 438 g/mol. The lowest BCUT2D eigenvalue weighted by Crippen LogP contribution is -2.38. The van der Waals surface area contributed by atoms with Crippen LogP contribution in [-0.4, -0.2) is 42.3 Å². The Hall–Kier alpha value is -2.77. The van der Waals surface area contributed by atoms with Crippen LogP contribution in [0.1, 0.15) is 23.7 Å². The van der Waals surface area contributed by atoms with Crippen LogP contribution in [0.2, 0.25) is 10.0 Å². The highest BCUT2D eigenvalue weighted by Crippen LogP contribution is 2.25. The van der Waals surface area contributed by atoms with E-state index in [9.17, 15) is 14.4 Å². The predicted octanol–water partition coefficient (Wildman–Crippen LogP) is 3.35. The van der Waals surface area contributed by atoms with Crippen molar-refractivity contribution in [3.63, 3.8) is 0 Å². The monoisotopic (exact) mass is 437 g/mol. The van der Waals surface area contributed by atoms with Gasteiger partial charge in [0.2, 0.25) is 5.91 Å². The van der Waals surface area contributed by atoms with Crippen LogP contribution in [-0.2, 0) is 9.59 Å². The third-order valence-corrected chi connectivity index (χ3v) is 4.37. The quantitative estimate of drug-likeness (QED) is 0.627. The van der Waals surface area contributed by atoms with Gasteiger partial charge in [0.1, 0.15) is 12.3 Å². The van der Waals surface area contributed by atoms with Crippen LogP contribution in [0.5, 0.6) is 5.75 Å². The molecule has 29 heavy (non-hydrogen) atoms. The molecule has 0 heterocycles. The van der Waals surface area contributed by atoms with Crippen molar-refractivity contribution < 1.29 is 19.1 Å². The third-order valence-electron chi connectivity index (χ3n) is 3.81. The van der Waals surface area contributed by atoms with Gasteiger partial charge in [-0.3, -0.25) is 14.4 Å². The molecule has 9 heteroatoms. The van der Waals surface area contributed by atoms with Crippen LogP contribution < -0.4 is 15.8 Å². The van der Waals surface area contributed by atoms with Gasteiger partial charge in [-0.25, -0.2) is 0 Å². The predicted molar refractivity (Wildman–Crippen MR) is 112 cm³/mol. The normalized spacial score (nSPS) is 10.3. The van der Waals surface area contributed by atoms with Gasteiger partial charge in [-0.05, 0) is 36.8 Å². The van der Waals surface area contributed by atoms with Crippen molar-refractivity contribution in [3.8, 4) is 5.75 Å². The van der Waals surface area contributed by atoms with E-state index in [1.165, 1.54) is 11.0 Å². The molecule has 0 aliphatic rings. The van der Waals surface area contributed by atoms with E-state index < -0.39 is 17.7 Å². The maximum absolute atomic E-state index is 13.0. The van der Waals surface area contributed by atoms with Crippen LogP contribution in [0, 0.1) is 0 Å². The molecule has 2 aromatic rings. The summed E-state index contributed by atoms with van der Waals surface area (Å²) in [5.74, 6) is -1.27. The molecular formula is C20H21Cl2N3O4. The van der Waals surface area contributed by atoms with Crippen LogP contribution in [0.25, 0.3) is 0 Å². The number of nitrogens with zero attached hydrogens (tertiary/aromatic N) is 1. The van der Waals surface area contributed by atoms with Crippen molar-refractivity contribution >= 4 is 46.6 Å². The number of hydrogen-bond acceptors (Lipinski definition) is 4. The number of carbonyl (C=O) groups excluding carboxylic acids is 3. The second-order valence-corrected chi connectivity index (χ2v) is 6.99. The molecule has 7 nitrogen and oxygen atoms in total. The molecule has 0 radical (unpaired) electrons. The van der Waals surface area contributed by atoms with E-state index in [0.29, 0.717) is 28.7 Å². The molecule has 0 spiro atoms. The summed E-state index contributed by atoms with van der Waals surface area (Å²) < 4.78 is 5.32. The van der Waals surface area contributed by atoms with Crippen LogP contribution in [0.15, 0.2) is 42.5 Å². The van der Waals surface area contributed by atoms with Crippen molar-refractivity contribution in [3.05, 3.63) is 58.1 Å². The SMILES string of the molecule is CCCN(CC(=O)Nc1cc(Cl)ccc1Cl)C(=O)c1ccccc1OCC(N)=O. The first-order chi connectivity index (χ1) is 13.8. The molecular weight excluding hydrogens is 417 g/mol. The van der Waals surface area contributed by atoms with Gasteiger partial charge >= 0.3 is 0 Å². The zero-order valence-corrected chi connectivity index (χ0v) is 17.3. The Morgan fingerprint density at radius 2 is 1.86 bits per heavy atom. The summed E-state index contributed by atoms with van der Waals surface area (Å²) in [4.78, 5) is 37.9. The molecule has 0 unspecified atom stereocenters. The van der Waals surface area contributed by atoms with E-state index in [1.54, 1.807) is 36.4 Å². The van der Waals surface area contributed by atoms with E-state index in [4.69, 9.17) is 33.7 Å². The summed E-state index contributed by atoms with van der Waals surface area (Å²) in [6.07, 6.45) is 0.640. The Kier molecular flexibility index (Phi) is 8.30. The van der Waals surface area contributed by atoms with Gasteiger partial charge in [-0.1, -0.05) is 42.3 Å². The first-order valence-electron chi connectivity index (χ1n) is 8.86. The van der Waals surface area contributed by atoms with Gasteiger partial charge in [0.25, 0.3) is 11.8 Å². The average Bonchev–Trinajstić information content (AvgIpc) is 2.68. The summed E-state index contributed by atoms with van der Waals surface area (Å²) in [6.45, 7) is 1.69. The number of primary amides is 1. The molecule has 3 amide bonds. The van der Waals surface area contributed by atoms with E-state index in [2.05, 4.69) is 5.32 Å². The van der Waals surface area contributed by atoms with Gasteiger partial charge in [0.15, 0.2) is 6.61 Å². The number of nitrogens with two attached hydrogens (primary N) is 1. The molecule has 2 aromatic carbocycles. The second-order valence-electron chi connectivity index (χ2n) is 6.15. The molecule has 2 rings (SSSR count). The number of para-hydroxylation sites is 1. The molecule has 0 fully saturated rings. The lowest BCUT2D eigenvalue weighted by atomic mass is 10.1. The number of carbonyl (C=O) groups is 3. The number of amides is 3. The minimum atomic E-state index is -0.657. The largest absolute Gasteiger partial charge is 0.483 e. The van der Waals surface area contributed by atoms with E-state index in [0.717, 1.165) is 0 Å². The zero-order valence-electron chi connectivity index (χ0n) is 15.8. The first-order valence-corrected chi connectivity index (χ1v) is 9.61. The highest BCUT2D eigenvalue weighted by molar-refractivity contribution is 6.35. The summed E-state index contributed by atoms with van der Waals surface area (Å²) in [5.41, 5.74) is 5.70. The van der Waals surface area contributed by atoms with Crippen LogP contribution in [0.3, 0.4) is 0 Å². The molecule has 0 bridgehead atoms. The third kappa shape index (κ3) is 6.66. The maximum atomic E-state index is 13.0. The number of ether oxygens (including phenoxy) is 1. The molecule has 0 aliphatic carbocycles. The number of benzene rings is 2. The lowest BCUT2D eigenvalue weighted by Gasteiger charge is -2.23. The molecule has 0 aromatic heterocycles. The highest BCUT2D eigenvalue weighted by atomic mass is 35.5. The zero-order chi connectivity index (χ0) is 21.4. The fraction of sp³-hybridized carbons (Fsp3) is 0.250. The molecule has 0 aliphatic heterocycles. The number of hydrogen-bond donors (Lipinski definition) is 2. The maximum Gasteiger partial charge on any atom is 0.258 e. The van der Waals surface area contributed by atoms with Crippen molar-refractivity contribution in [2.75, 3.05) is 25.0 Å². The van der Waals surface area contributed by atoms with E-state index >= 15 is 0 Å². The molecule has 0 saturated heterocycles. The van der Waals surface area contributed by atoms with Crippen molar-refractivity contribution in [2.24, 2.45) is 5.73 Å². The first kappa shape index (κ1) is 22.5. The Morgan fingerprint density at radius 3 is 2.55 bits per heavy atom. The van der Waals surface area contributed by atoms with E-state index in [1.807, 2.05) is 6.92 Å². The number of nitrogens with one attached hydrogen (secondary N) is 1. The summed E-state index contributed by atoms with van der Waals surface area (Å²) >= 11 is 12.0. The topological polar surface area (TPSA) is 102 Å². The Labute approximate surface area is 178 Å². The van der Waals surface area contributed by atoms with Crippen LogP contribution >= 0.6 is 23.2 Å². The minimum absolute atomic E-state index is 0.195. The van der Waals surface area contributed by atoms with Crippen molar-refractivity contribution in [2.45, 2.75) is 13.3 Å². The molecule has 0 atom stereocenters. The second kappa shape index (κ2) is 10.7. The van der Waals surface area contributed by atoms with Gasteiger partial charge in [-0.15, -0.1) is 0 Å². The Balaban J connectivity index is 2.16. The molecule has 3 N–H and O–H groups in total. The van der Waals surface area contributed by atoms with Crippen molar-refractivity contribution in [1.82, 2.24) is 4.90 Å². The van der Waals surface area contributed by atoms with Gasteiger partial charge in [-0.2, -0.15) is 0 Å². The summed E-state index contributed by atoms with van der Waals surface area (Å²) in [7, 11) is 0. The van der Waals surface area contributed by atoms with Gasteiger partial charge in [0, 0.05) is 11.6 Å². The number of anilines is 1. The number of rotatable bonds is 9. The highest BCUT2D eigenvalue weighted by Gasteiger charge is 2.22. The Bertz CT molecular complexity index is 905. The summed E-state index contributed by atoms with van der Waals surface area (Å²) in [5, 5.41) is 3.42. The number of halogens is 2. The smallest absolute Gasteiger partial charge is 0.258 e. The van der Waals surface area contributed by atoms with Gasteiger partial charge in [0.05, 0.1) is 16.3 Å². The fourth-order valence-electron chi connectivity index (χ4n) is 2.57. The fourth-order valence-corrected chi connectivity index (χ4v) is 2.90. The minimum Gasteiger partial charge on any atom is -0.483 e. The standard InChI is InChI=1S/C20H21Cl2N3O4/c1-2-9-25(11-19(27)24-16-10-13(21)7-8-15(16)22)20(28)14-5-3-4-6-17(14)29-12-18(23)26/h3-8,10H,2,9,11-12H2,1H3,(H2,23,26)(H,24,27). The van der Waals surface area contributed by atoms with Crippen molar-refractivity contribution in [1.29, 1.82) is 0 Å². The lowest BCUT2D eigenvalue weighted by molar-refractivity contribution is -0.120. The molecule has 0 saturated carbocycles. The summed E-state index contributed by atoms with van der Waals surface area (Å²) in [6, 6.07) is 11.2. The van der Waals surface area contributed by atoms with E-state index in [-0.39, 0.29) is 24.5 Å². The van der Waals surface area contributed by atoms with Gasteiger partial charge < -0.3 is 20.7 Å². The Morgan fingerprint density at radius 1 is 1.14 bits per heavy atom. The van der Waals surface area contributed by atoms with Crippen LogP contribution in [0.4, 0.5) is 5.69 Å². The molecule has 154 valence electrons.